The van der Waals surface area contributed by atoms with Crippen LogP contribution in [0.4, 0.5) is 4.79 Å². The minimum absolute atomic E-state index is 0.0869. The van der Waals surface area contributed by atoms with Crippen LogP contribution in [0, 0.1) is 19.3 Å². The topological polar surface area (TPSA) is 105 Å². The molecule has 0 spiro atoms. The lowest BCUT2D eigenvalue weighted by Gasteiger charge is -2.38. The molecule has 3 amide bonds. The average Bonchev–Trinajstić information content (AvgIpc) is 3.52. The molecule has 0 aliphatic heterocycles. The van der Waals surface area contributed by atoms with E-state index in [4.69, 9.17) is 21.1 Å². The first kappa shape index (κ1) is 41.7. The van der Waals surface area contributed by atoms with Gasteiger partial charge in [0.1, 0.15) is 12.6 Å². The Balaban J connectivity index is 1.19. The van der Waals surface area contributed by atoms with Gasteiger partial charge in [0, 0.05) is 55.3 Å². The Bertz CT molecular complexity index is 2310. The van der Waals surface area contributed by atoms with Crippen molar-refractivity contribution in [1.29, 1.82) is 0 Å². The highest BCUT2D eigenvalue weighted by molar-refractivity contribution is 6.31. The minimum Gasteiger partial charge on any atom is -0.449 e. The molecule has 0 radical (unpaired) electrons. The lowest BCUT2D eigenvalue weighted by Crippen LogP contribution is -2.54. The Morgan fingerprint density at radius 2 is 1.34 bits per heavy atom. The number of hydrogen-bond donors (Lipinski definition) is 1. The van der Waals surface area contributed by atoms with E-state index in [1.165, 1.54) is 16.8 Å². The first-order valence-electron chi connectivity index (χ1n) is 19.3. The fraction of sp³-hybridized carbons (Fsp3) is 0.292. The molecule has 1 aliphatic carbocycles. The monoisotopic (exact) mass is 799 g/mol. The fourth-order valence-electron chi connectivity index (χ4n) is 7.71. The van der Waals surface area contributed by atoms with Gasteiger partial charge in [0.15, 0.2) is 5.60 Å². The number of rotatable bonds is 13. The van der Waals surface area contributed by atoms with Crippen molar-refractivity contribution in [3.05, 3.63) is 165 Å². The zero-order chi connectivity index (χ0) is 41.8. The number of esters is 1. The van der Waals surface area contributed by atoms with E-state index < -0.39 is 47.4 Å². The Labute approximate surface area is 345 Å². The lowest BCUT2D eigenvalue weighted by molar-refractivity contribution is -0.159. The molecule has 0 fully saturated rings. The van der Waals surface area contributed by atoms with Gasteiger partial charge in [-0.25, -0.2) is 4.79 Å². The summed E-state index contributed by atoms with van der Waals surface area (Å²) < 4.78 is 12.3. The largest absolute Gasteiger partial charge is 0.449 e. The fourth-order valence-corrected chi connectivity index (χ4v) is 7.98. The molecule has 0 saturated heterocycles. The molecule has 2 unspecified atom stereocenters. The summed E-state index contributed by atoms with van der Waals surface area (Å²) >= 11 is 6.87. The SMILES string of the molecule is Cc1ccc(C(OC(=O)C[C@@H](C(=O)N(C)C)N(C)C(=O)C(C)(C)CNC(=O)OCC2c3ccccc3-c3cc(C)ccc32)(c2ccccc2)c2ccccc2Cl)cc1. The van der Waals surface area contributed by atoms with E-state index >= 15 is 0 Å². The zero-order valence-electron chi connectivity index (χ0n) is 34.0. The Hall–Kier alpha value is -5.93. The summed E-state index contributed by atoms with van der Waals surface area (Å²) in [5.41, 5.74) is 5.76. The number of ether oxygens (including phenoxy) is 2. The number of carbonyl (C=O) groups is 4. The van der Waals surface area contributed by atoms with E-state index in [1.807, 2.05) is 85.8 Å². The second-order valence-corrected chi connectivity index (χ2v) is 16.2. The molecule has 0 aromatic heterocycles. The quantitative estimate of drug-likeness (QED) is 0.0945. The highest BCUT2D eigenvalue weighted by Gasteiger charge is 2.44. The van der Waals surface area contributed by atoms with Crippen LogP contribution >= 0.6 is 11.6 Å². The van der Waals surface area contributed by atoms with Crippen LogP contribution in [0.25, 0.3) is 11.1 Å². The molecule has 0 heterocycles. The van der Waals surface area contributed by atoms with E-state index in [-0.39, 0.29) is 19.1 Å². The first-order valence-corrected chi connectivity index (χ1v) is 19.7. The van der Waals surface area contributed by atoms with Gasteiger partial charge in [-0.1, -0.05) is 138 Å². The summed E-state index contributed by atoms with van der Waals surface area (Å²) in [4.78, 5) is 58.1. The molecule has 58 heavy (non-hydrogen) atoms. The van der Waals surface area contributed by atoms with Gasteiger partial charge in [-0.15, -0.1) is 0 Å². The maximum Gasteiger partial charge on any atom is 0.407 e. The highest BCUT2D eigenvalue weighted by Crippen LogP contribution is 2.46. The van der Waals surface area contributed by atoms with Gasteiger partial charge in [-0.3, -0.25) is 14.4 Å². The summed E-state index contributed by atoms with van der Waals surface area (Å²) in [6.07, 6.45) is -1.13. The van der Waals surface area contributed by atoms with Crippen LogP contribution in [-0.2, 0) is 29.5 Å². The van der Waals surface area contributed by atoms with E-state index in [2.05, 4.69) is 42.6 Å². The molecule has 300 valence electrons. The van der Waals surface area contributed by atoms with Gasteiger partial charge in [0.25, 0.3) is 0 Å². The first-order chi connectivity index (χ1) is 27.6. The number of nitrogens with one attached hydrogen (secondary N) is 1. The second kappa shape index (κ2) is 17.3. The van der Waals surface area contributed by atoms with Crippen molar-refractivity contribution in [3.8, 4) is 11.1 Å². The molecule has 5 aromatic carbocycles. The van der Waals surface area contributed by atoms with Crippen molar-refractivity contribution in [3.63, 3.8) is 0 Å². The van der Waals surface area contributed by atoms with Crippen molar-refractivity contribution in [2.45, 2.75) is 51.7 Å². The maximum atomic E-state index is 14.4. The summed E-state index contributed by atoms with van der Waals surface area (Å²) in [7, 11) is 4.61. The summed E-state index contributed by atoms with van der Waals surface area (Å²) in [5, 5.41) is 3.14. The molecule has 1 N–H and O–H groups in total. The van der Waals surface area contributed by atoms with Gasteiger partial charge < -0.3 is 24.6 Å². The molecule has 0 bridgehead atoms. The van der Waals surface area contributed by atoms with Crippen molar-refractivity contribution >= 4 is 35.5 Å². The van der Waals surface area contributed by atoms with E-state index in [0.717, 1.165) is 33.4 Å². The molecular formula is C48H50ClN3O6. The number of benzene rings is 5. The van der Waals surface area contributed by atoms with Crippen LogP contribution in [0.2, 0.25) is 5.02 Å². The van der Waals surface area contributed by atoms with Crippen LogP contribution < -0.4 is 5.32 Å². The number of amides is 3. The minimum atomic E-state index is -1.50. The smallest absolute Gasteiger partial charge is 0.407 e. The van der Waals surface area contributed by atoms with Crippen molar-refractivity contribution in [1.82, 2.24) is 15.1 Å². The van der Waals surface area contributed by atoms with Crippen molar-refractivity contribution in [2.75, 3.05) is 34.3 Å². The van der Waals surface area contributed by atoms with E-state index in [1.54, 1.807) is 40.1 Å². The summed E-state index contributed by atoms with van der Waals surface area (Å²) in [6.45, 7) is 7.39. The summed E-state index contributed by atoms with van der Waals surface area (Å²) in [6, 6.07) is 37.3. The van der Waals surface area contributed by atoms with E-state index in [0.29, 0.717) is 21.7 Å². The van der Waals surface area contributed by atoms with Crippen molar-refractivity contribution < 1.29 is 28.7 Å². The summed E-state index contributed by atoms with van der Waals surface area (Å²) in [5.74, 6) is -1.79. The number of aryl methyl sites for hydroxylation is 2. The molecular weight excluding hydrogens is 750 g/mol. The Morgan fingerprint density at radius 3 is 2.03 bits per heavy atom. The Kier molecular flexibility index (Phi) is 12.4. The maximum absolute atomic E-state index is 14.4. The number of halogens is 1. The van der Waals surface area contributed by atoms with Gasteiger partial charge >= 0.3 is 12.1 Å². The predicted molar refractivity (Wildman–Crippen MR) is 227 cm³/mol. The normalized spacial score (nSPS) is 14.6. The van der Waals surface area contributed by atoms with Crippen LogP contribution in [0.3, 0.4) is 0 Å². The number of nitrogens with zero attached hydrogens (tertiary/aromatic N) is 2. The van der Waals surface area contributed by atoms with Crippen LogP contribution in [-0.4, -0.2) is 74.0 Å². The molecule has 9 nitrogen and oxygen atoms in total. The number of likely N-dealkylation sites (N-methyl/N-ethyl adjacent to an activating group) is 2. The second-order valence-electron chi connectivity index (χ2n) is 15.8. The third-order valence-electron chi connectivity index (χ3n) is 10.9. The lowest BCUT2D eigenvalue weighted by atomic mass is 9.79. The number of alkyl carbamates (subject to hydrolysis) is 1. The molecule has 3 atom stereocenters. The number of hydrogen-bond acceptors (Lipinski definition) is 6. The molecule has 0 saturated carbocycles. The molecule has 5 aromatic rings. The number of carbonyl (C=O) groups excluding carboxylic acids is 4. The molecule has 10 heteroatoms. The highest BCUT2D eigenvalue weighted by atomic mass is 35.5. The standard InChI is InChI=1S/C48H50ClN3O6/c1-31-21-24-34(25-22-31)48(33-15-9-8-10-16-33,40-19-13-14-20-41(40)49)58-43(53)28-42(44(54)51(5)6)52(7)45(55)47(3,4)30-50-46(56)57-29-39-36-18-12-11-17-35(36)38-27-32(2)23-26-37(38)39/h8-27,39,42H,28-30H2,1-7H3,(H,50,56)/t39?,42-,48?/m0/s1. The van der Waals surface area contributed by atoms with Crippen molar-refractivity contribution in [2.24, 2.45) is 5.41 Å². The van der Waals surface area contributed by atoms with Gasteiger partial charge in [-0.05, 0) is 56.0 Å². The van der Waals surface area contributed by atoms with Crippen LogP contribution in [0.5, 0.6) is 0 Å². The Morgan fingerprint density at radius 1 is 0.741 bits per heavy atom. The van der Waals surface area contributed by atoms with Gasteiger partial charge in [0.05, 0.1) is 11.8 Å². The van der Waals surface area contributed by atoms with Crippen LogP contribution in [0.1, 0.15) is 65.1 Å². The zero-order valence-corrected chi connectivity index (χ0v) is 34.8. The third-order valence-corrected chi connectivity index (χ3v) is 11.2. The third kappa shape index (κ3) is 8.50. The predicted octanol–water partition coefficient (Wildman–Crippen LogP) is 8.66. The van der Waals surface area contributed by atoms with Gasteiger partial charge in [-0.2, -0.15) is 0 Å². The number of fused-ring (bicyclic) bond motifs is 3. The van der Waals surface area contributed by atoms with Crippen LogP contribution in [0.15, 0.2) is 121 Å². The molecule has 1 aliphatic rings. The van der Waals surface area contributed by atoms with Gasteiger partial charge in [0.2, 0.25) is 11.8 Å². The van der Waals surface area contributed by atoms with E-state index in [9.17, 15) is 19.2 Å². The average molecular weight is 800 g/mol. The molecule has 6 rings (SSSR count).